The van der Waals surface area contributed by atoms with Gasteiger partial charge in [-0.2, -0.15) is 0 Å². The Labute approximate surface area is 241 Å². The van der Waals surface area contributed by atoms with Crippen molar-refractivity contribution in [3.05, 3.63) is 40.7 Å². The molecule has 1 aliphatic carbocycles. The summed E-state index contributed by atoms with van der Waals surface area (Å²) in [5.41, 5.74) is 13.3. The average molecular weight is 569 g/mol. The lowest BCUT2D eigenvalue weighted by atomic mass is 9.87. The average Bonchev–Trinajstić information content (AvgIpc) is 3.65. The third-order valence-electron chi connectivity index (χ3n) is 6.82. The van der Waals surface area contributed by atoms with Gasteiger partial charge in [-0.3, -0.25) is 0 Å². The molecule has 3 rings (SSSR count). The van der Waals surface area contributed by atoms with Gasteiger partial charge in [-0.15, -0.1) is 0 Å². The third-order valence-corrected chi connectivity index (χ3v) is 7.25. The number of carbonyl (C=O) groups is 2. The van der Waals surface area contributed by atoms with Crippen LogP contribution in [0.1, 0.15) is 58.4 Å². The summed E-state index contributed by atoms with van der Waals surface area (Å²) in [6, 6.07) is 5.92. The fourth-order valence-electron chi connectivity index (χ4n) is 4.39. The van der Waals surface area contributed by atoms with Gasteiger partial charge < -0.3 is 41.4 Å². The van der Waals surface area contributed by atoms with Crippen molar-refractivity contribution in [2.75, 3.05) is 38.6 Å². The summed E-state index contributed by atoms with van der Waals surface area (Å²) >= 11 is 6.08. The standard InChI is InChI=1S/C16H25ClN2O.C11H21N3O.CH5N.CH2O/c1-12-9-14(4-6-16(12)17)19-8-7-13(11-19)3-5-15(20)10-18-2;1-11(2,3)10(7-15)14(13)6-9(12)8-4-5-8;2*1-2/h4,6,9,13,15,18,20H,3,5,7-8,10-11H2,1-2H3;6-8,10H,4-5,12-13H2,1-3H3;2H2,1H3;1H2/b;9-6-;;. The number of hydrogen-bond acceptors (Lipinski definition) is 9. The monoisotopic (exact) mass is 568 g/mol. The van der Waals surface area contributed by atoms with Crippen LogP contribution < -0.4 is 27.5 Å². The quantitative estimate of drug-likeness (QED) is 0.163. The minimum atomic E-state index is -0.338. The summed E-state index contributed by atoms with van der Waals surface area (Å²) in [5.74, 6) is 6.99. The Balaban J connectivity index is 0.000000678. The Morgan fingerprint density at radius 2 is 1.90 bits per heavy atom. The second kappa shape index (κ2) is 19.0. The molecule has 2 aliphatic rings. The molecule has 0 spiro atoms. The number of nitrogens with one attached hydrogen (secondary N) is 1. The molecule has 9 nitrogen and oxygen atoms in total. The Morgan fingerprint density at radius 3 is 2.38 bits per heavy atom. The normalized spacial score (nSPS) is 18.4. The first kappa shape index (κ1) is 36.8. The SMILES string of the molecule is C=O.CC(C)(C)C(C=O)N(N)/C=C(\N)C1CC1.CN.CNCC(O)CCC1CCN(c2ccc(Cl)c(C)c2)C1. The molecule has 2 fully saturated rings. The number of likely N-dealkylation sites (N-methyl/N-ethyl adjacent to an activating group) is 1. The first-order valence-electron chi connectivity index (χ1n) is 13.6. The van der Waals surface area contributed by atoms with Crippen molar-refractivity contribution in [1.29, 1.82) is 0 Å². The van der Waals surface area contributed by atoms with E-state index < -0.39 is 0 Å². The summed E-state index contributed by atoms with van der Waals surface area (Å²) < 4.78 is 0. The molecule has 3 unspecified atom stereocenters. The Morgan fingerprint density at radius 1 is 1.28 bits per heavy atom. The Kier molecular flexibility index (Phi) is 17.9. The molecule has 1 aliphatic heterocycles. The molecule has 3 atom stereocenters. The van der Waals surface area contributed by atoms with E-state index in [-0.39, 0.29) is 17.6 Å². The predicted octanol–water partition coefficient (Wildman–Crippen LogP) is 3.21. The summed E-state index contributed by atoms with van der Waals surface area (Å²) in [7, 11) is 3.38. The Hall–Kier alpha value is -2.17. The zero-order chi connectivity index (χ0) is 30.2. The van der Waals surface area contributed by atoms with E-state index in [0.29, 0.717) is 18.4 Å². The molecule has 1 saturated heterocycles. The van der Waals surface area contributed by atoms with E-state index >= 15 is 0 Å². The number of aryl methyl sites for hydroxylation is 1. The van der Waals surface area contributed by atoms with E-state index in [0.717, 1.165) is 61.3 Å². The number of hydrazine groups is 1. The van der Waals surface area contributed by atoms with Gasteiger partial charge in [0.15, 0.2) is 0 Å². The lowest BCUT2D eigenvalue weighted by Crippen LogP contribution is -2.46. The maximum atomic E-state index is 11.0. The highest BCUT2D eigenvalue weighted by molar-refractivity contribution is 6.31. The van der Waals surface area contributed by atoms with Crippen molar-refractivity contribution in [2.45, 2.75) is 71.9 Å². The number of aldehydes is 1. The molecule has 1 aromatic carbocycles. The summed E-state index contributed by atoms with van der Waals surface area (Å²) in [6.45, 7) is 12.9. The van der Waals surface area contributed by atoms with Crippen molar-refractivity contribution in [3.8, 4) is 0 Å². The van der Waals surface area contributed by atoms with Crippen LogP contribution in [0, 0.1) is 24.2 Å². The van der Waals surface area contributed by atoms with E-state index in [9.17, 15) is 9.90 Å². The van der Waals surface area contributed by atoms with Crippen LogP contribution in [0.2, 0.25) is 5.02 Å². The number of anilines is 1. The first-order valence-corrected chi connectivity index (χ1v) is 14.0. The van der Waals surface area contributed by atoms with Gasteiger partial charge in [0, 0.05) is 48.2 Å². The summed E-state index contributed by atoms with van der Waals surface area (Å²) in [4.78, 5) is 21.4. The number of carbonyl (C=O) groups excluding carboxylic acids is 2. The van der Waals surface area contributed by atoms with Crippen LogP contribution in [0.15, 0.2) is 30.1 Å². The molecule has 224 valence electrons. The summed E-state index contributed by atoms with van der Waals surface area (Å²) in [5, 5.41) is 15.0. The molecule has 10 heteroatoms. The molecular weight excluding hydrogens is 516 g/mol. The molecule has 0 bridgehead atoms. The third kappa shape index (κ3) is 13.6. The molecule has 39 heavy (non-hydrogen) atoms. The van der Waals surface area contributed by atoms with Crippen molar-refractivity contribution >= 4 is 30.4 Å². The molecule has 1 saturated carbocycles. The van der Waals surface area contributed by atoms with Crippen LogP contribution in [0.25, 0.3) is 0 Å². The van der Waals surface area contributed by atoms with Crippen LogP contribution in [0.4, 0.5) is 5.69 Å². The van der Waals surface area contributed by atoms with E-state index in [1.807, 2.05) is 47.6 Å². The van der Waals surface area contributed by atoms with Crippen molar-refractivity contribution < 1.29 is 14.7 Å². The van der Waals surface area contributed by atoms with Gasteiger partial charge in [0.1, 0.15) is 19.1 Å². The Bertz CT molecular complexity index is 860. The molecule has 0 aromatic heterocycles. The number of allylic oxidation sites excluding steroid dienone is 1. The highest BCUT2D eigenvalue weighted by atomic mass is 35.5. The number of aliphatic hydroxyl groups excluding tert-OH is 1. The molecular formula is C29H53ClN6O3. The highest BCUT2D eigenvalue weighted by Gasteiger charge is 2.29. The molecule has 0 radical (unpaired) electrons. The zero-order valence-electron chi connectivity index (χ0n) is 24.8. The van der Waals surface area contributed by atoms with Crippen molar-refractivity contribution in [3.63, 3.8) is 0 Å². The van der Waals surface area contributed by atoms with Crippen LogP contribution in [-0.2, 0) is 9.59 Å². The zero-order valence-corrected chi connectivity index (χ0v) is 25.6. The number of halogens is 1. The topological polar surface area (TPSA) is 151 Å². The van der Waals surface area contributed by atoms with Crippen LogP contribution in [0.3, 0.4) is 0 Å². The lowest BCUT2D eigenvalue weighted by molar-refractivity contribution is -0.114. The number of nitrogens with two attached hydrogens (primary N) is 3. The van der Waals surface area contributed by atoms with Gasteiger partial charge in [-0.05, 0) is 88.2 Å². The second-order valence-corrected chi connectivity index (χ2v) is 11.5. The largest absolute Gasteiger partial charge is 0.401 e. The van der Waals surface area contributed by atoms with Crippen LogP contribution in [-0.4, -0.2) is 69.1 Å². The number of nitrogens with zero attached hydrogens (tertiary/aromatic N) is 2. The maximum absolute atomic E-state index is 11.0. The van der Waals surface area contributed by atoms with E-state index in [1.165, 1.54) is 24.2 Å². The summed E-state index contributed by atoms with van der Waals surface area (Å²) in [6.07, 6.45) is 7.83. The molecule has 1 aromatic rings. The van der Waals surface area contributed by atoms with Gasteiger partial charge in [-0.1, -0.05) is 32.4 Å². The van der Waals surface area contributed by atoms with E-state index in [2.05, 4.69) is 28.1 Å². The number of benzene rings is 1. The second-order valence-electron chi connectivity index (χ2n) is 11.1. The number of aliphatic hydroxyl groups is 1. The van der Waals surface area contributed by atoms with Gasteiger partial charge >= 0.3 is 0 Å². The maximum Gasteiger partial charge on any atom is 0.144 e. The van der Waals surface area contributed by atoms with Gasteiger partial charge in [0.25, 0.3) is 0 Å². The lowest BCUT2D eigenvalue weighted by Gasteiger charge is -2.32. The van der Waals surface area contributed by atoms with Crippen molar-refractivity contribution in [1.82, 2.24) is 10.3 Å². The fraction of sp³-hybridized carbons (Fsp3) is 0.655. The van der Waals surface area contributed by atoms with Gasteiger partial charge in [0.2, 0.25) is 0 Å². The first-order chi connectivity index (χ1) is 18.5. The predicted molar refractivity (Wildman–Crippen MR) is 163 cm³/mol. The van der Waals surface area contributed by atoms with Crippen LogP contribution >= 0.6 is 11.6 Å². The number of hydrogen-bond donors (Lipinski definition) is 5. The van der Waals surface area contributed by atoms with Crippen LogP contribution in [0.5, 0.6) is 0 Å². The minimum absolute atomic E-state index is 0.184. The van der Waals surface area contributed by atoms with Crippen molar-refractivity contribution in [2.24, 2.45) is 34.6 Å². The highest BCUT2D eigenvalue weighted by Crippen LogP contribution is 2.34. The number of rotatable bonds is 10. The minimum Gasteiger partial charge on any atom is -0.401 e. The van der Waals surface area contributed by atoms with E-state index in [4.69, 9.17) is 28.0 Å². The smallest absolute Gasteiger partial charge is 0.144 e. The van der Waals surface area contributed by atoms with E-state index in [1.54, 1.807) is 6.20 Å². The molecule has 8 N–H and O–H groups in total. The molecule has 0 amide bonds. The van der Waals surface area contributed by atoms with Gasteiger partial charge in [-0.25, -0.2) is 5.84 Å². The molecule has 1 heterocycles. The van der Waals surface area contributed by atoms with Gasteiger partial charge in [0.05, 0.1) is 6.10 Å². The fourth-order valence-corrected chi connectivity index (χ4v) is 4.51.